The van der Waals surface area contributed by atoms with Gasteiger partial charge in [-0.25, -0.2) is 0 Å². The normalized spacial score (nSPS) is 26.2. The molecule has 1 saturated heterocycles. The second-order valence-electron chi connectivity index (χ2n) is 4.77. The van der Waals surface area contributed by atoms with Crippen molar-refractivity contribution in [2.75, 3.05) is 31.6 Å². The highest BCUT2D eigenvalue weighted by atomic mass is 35.5. The lowest BCUT2D eigenvalue weighted by Gasteiger charge is -2.45. The number of likely N-dealkylation sites (N-methyl/N-ethyl adjacent to an activating group) is 1. The molecule has 1 aliphatic heterocycles. The number of piperazine rings is 1. The number of benzene rings is 1. The van der Waals surface area contributed by atoms with Crippen molar-refractivity contribution >= 4 is 17.3 Å². The Balaban J connectivity index is 2.31. The molecule has 1 fully saturated rings. The number of hydrogen-bond acceptors (Lipinski definition) is 3. The molecule has 94 valence electrons. The Labute approximate surface area is 108 Å². The number of aliphatic hydroxyl groups excluding tert-OH is 1. The van der Waals surface area contributed by atoms with Crippen LogP contribution in [0.2, 0.25) is 5.02 Å². The zero-order valence-corrected chi connectivity index (χ0v) is 11.1. The number of nitrogens with zero attached hydrogens (tertiary/aromatic N) is 2. The molecule has 1 N–H and O–H groups in total. The average Bonchev–Trinajstić information content (AvgIpc) is 2.29. The van der Waals surface area contributed by atoms with Crippen molar-refractivity contribution in [3.8, 4) is 0 Å². The molecule has 3 nitrogen and oxygen atoms in total. The molecular weight excluding hydrogens is 236 g/mol. The molecule has 0 aromatic heterocycles. The summed E-state index contributed by atoms with van der Waals surface area (Å²) >= 11 is 6.24. The molecular formula is C13H19ClN2O. The molecule has 0 radical (unpaired) electrons. The number of anilines is 1. The SMILES string of the molecule is CC1CN(C)CC(CO)N1c1ccccc1Cl. The molecule has 0 spiro atoms. The molecule has 2 rings (SSSR count). The topological polar surface area (TPSA) is 26.7 Å². The van der Waals surface area contributed by atoms with Gasteiger partial charge in [0.2, 0.25) is 0 Å². The Hall–Kier alpha value is -0.770. The first-order chi connectivity index (χ1) is 8.13. The van der Waals surface area contributed by atoms with Gasteiger partial charge in [-0.15, -0.1) is 0 Å². The summed E-state index contributed by atoms with van der Waals surface area (Å²) in [6.07, 6.45) is 0. The highest BCUT2D eigenvalue weighted by Gasteiger charge is 2.31. The molecule has 1 aromatic rings. The molecule has 2 atom stereocenters. The van der Waals surface area contributed by atoms with Gasteiger partial charge in [0.05, 0.1) is 23.4 Å². The van der Waals surface area contributed by atoms with Gasteiger partial charge in [-0.1, -0.05) is 23.7 Å². The minimum Gasteiger partial charge on any atom is -0.394 e. The van der Waals surface area contributed by atoms with Crippen LogP contribution in [0.4, 0.5) is 5.69 Å². The number of halogens is 1. The fourth-order valence-corrected chi connectivity index (χ4v) is 2.90. The van der Waals surface area contributed by atoms with Gasteiger partial charge in [0.25, 0.3) is 0 Å². The van der Waals surface area contributed by atoms with E-state index < -0.39 is 0 Å². The van der Waals surface area contributed by atoms with E-state index in [1.54, 1.807) is 0 Å². The average molecular weight is 255 g/mol. The van der Waals surface area contributed by atoms with Crippen LogP contribution in [0.15, 0.2) is 24.3 Å². The van der Waals surface area contributed by atoms with E-state index in [4.69, 9.17) is 11.6 Å². The Morgan fingerprint density at radius 2 is 2.06 bits per heavy atom. The fraction of sp³-hybridized carbons (Fsp3) is 0.538. The summed E-state index contributed by atoms with van der Waals surface area (Å²) in [5.41, 5.74) is 1.02. The molecule has 2 unspecified atom stereocenters. The maximum atomic E-state index is 9.54. The first-order valence-corrected chi connectivity index (χ1v) is 6.33. The quantitative estimate of drug-likeness (QED) is 0.873. The monoisotopic (exact) mass is 254 g/mol. The van der Waals surface area contributed by atoms with E-state index in [2.05, 4.69) is 23.8 Å². The third-order valence-corrected chi connectivity index (χ3v) is 3.63. The summed E-state index contributed by atoms with van der Waals surface area (Å²) in [5.74, 6) is 0. The molecule has 0 aliphatic carbocycles. The smallest absolute Gasteiger partial charge is 0.0651 e. The van der Waals surface area contributed by atoms with Gasteiger partial charge in [0.1, 0.15) is 0 Å². The van der Waals surface area contributed by atoms with E-state index in [1.165, 1.54) is 0 Å². The summed E-state index contributed by atoms with van der Waals surface area (Å²) in [4.78, 5) is 4.49. The van der Waals surface area contributed by atoms with Crippen LogP contribution in [-0.4, -0.2) is 48.8 Å². The van der Waals surface area contributed by atoms with Crippen molar-refractivity contribution in [1.82, 2.24) is 4.90 Å². The van der Waals surface area contributed by atoms with Crippen LogP contribution in [0.25, 0.3) is 0 Å². The first kappa shape index (κ1) is 12.7. The Morgan fingerprint density at radius 3 is 2.71 bits per heavy atom. The van der Waals surface area contributed by atoms with Gasteiger partial charge < -0.3 is 14.9 Å². The molecule has 17 heavy (non-hydrogen) atoms. The van der Waals surface area contributed by atoms with E-state index in [-0.39, 0.29) is 12.6 Å². The van der Waals surface area contributed by atoms with Crippen molar-refractivity contribution in [1.29, 1.82) is 0 Å². The molecule has 0 saturated carbocycles. The lowest BCUT2D eigenvalue weighted by Crippen LogP contribution is -2.58. The fourth-order valence-electron chi connectivity index (χ4n) is 2.66. The summed E-state index contributed by atoms with van der Waals surface area (Å²) in [6, 6.07) is 8.30. The van der Waals surface area contributed by atoms with Crippen LogP contribution in [0.5, 0.6) is 0 Å². The van der Waals surface area contributed by atoms with Gasteiger partial charge in [0, 0.05) is 19.1 Å². The van der Waals surface area contributed by atoms with Crippen molar-refractivity contribution in [3.63, 3.8) is 0 Å². The van der Waals surface area contributed by atoms with Gasteiger partial charge in [0.15, 0.2) is 0 Å². The maximum Gasteiger partial charge on any atom is 0.0651 e. The Morgan fingerprint density at radius 1 is 1.35 bits per heavy atom. The molecule has 1 aliphatic rings. The second-order valence-corrected chi connectivity index (χ2v) is 5.17. The number of hydrogen-bond donors (Lipinski definition) is 1. The van der Waals surface area contributed by atoms with Crippen LogP contribution < -0.4 is 4.90 Å². The van der Waals surface area contributed by atoms with Crippen LogP contribution in [0.1, 0.15) is 6.92 Å². The number of rotatable bonds is 2. The van der Waals surface area contributed by atoms with Crippen LogP contribution >= 0.6 is 11.6 Å². The number of para-hydroxylation sites is 1. The molecule has 1 heterocycles. The van der Waals surface area contributed by atoms with Gasteiger partial charge in [-0.05, 0) is 26.1 Å². The molecule has 1 aromatic carbocycles. The summed E-state index contributed by atoms with van der Waals surface area (Å²) in [5, 5.41) is 10.3. The maximum absolute atomic E-state index is 9.54. The number of aliphatic hydroxyl groups is 1. The summed E-state index contributed by atoms with van der Waals surface area (Å²) in [7, 11) is 2.09. The highest BCUT2D eigenvalue weighted by Crippen LogP contribution is 2.30. The third-order valence-electron chi connectivity index (χ3n) is 3.31. The van der Waals surface area contributed by atoms with E-state index in [0.717, 1.165) is 23.8 Å². The van der Waals surface area contributed by atoms with E-state index in [1.807, 2.05) is 24.3 Å². The van der Waals surface area contributed by atoms with Crippen LogP contribution in [0.3, 0.4) is 0 Å². The third kappa shape index (κ3) is 2.57. The Bertz CT molecular complexity index is 385. The van der Waals surface area contributed by atoms with Gasteiger partial charge >= 0.3 is 0 Å². The first-order valence-electron chi connectivity index (χ1n) is 5.95. The largest absolute Gasteiger partial charge is 0.394 e. The van der Waals surface area contributed by atoms with E-state index in [0.29, 0.717) is 6.04 Å². The molecule has 0 amide bonds. The molecule has 4 heteroatoms. The van der Waals surface area contributed by atoms with Crippen molar-refractivity contribution < 1.29 is 5.11 Å². The van der Waals surface area contributed by atoms with Crippen LogP contribution in [-0.2, 0) is 0 Å². The van der Waals surface area contributed by atoms with Crippen molar-refractivity contribution in [2.24, 2.45) is 0 Å². The second kappa shape index (κ2) is 5.25. The molecule has 0 bridgehead atoms. The zero-order valence-electron chi connectivity index (χ0n) is 10.3. The standard InChI is InChI=1S/C13H19ClN2O/c1-10-7-15(2)8-11(9-17)16(10)13-6-4-3-5-12(13)14/h3-6,10-11,17H,7-9H2,1-2H3. The zero-order chi connectivity index (χ0) is 12.4. The van der Waals surface area contributed by atoms with E-state index in [9.17, 15) is 5.11 Å². The van der Waals surface area contributed by atoms with Gasteiger partial charge in [-0.3, -0.25) is 0 Å². The minimum absolute atomic E-state index is 0.114. The lowest BCUT2D eigenvalue weighted by atomic mass is 10.1. The highest BCUT2D eigenvalue weighted by molar-refractivity contribution is 6.33. The lowest BCUT2D eigenvalue weighted by molar-refractivity contribution is 0.171. The Kier molecular flexibility index (Phi) is 3.92. The van der Waals surface area contributed by atoms with Crippen molar-refractivity contribution in [2.45, 2.75) is 19.0 Å². The predicted molar refractivity (Wildman–Crippen MR) is 71.8 cm³/mol. The summed E-state index contributed by atoms with van der Waals surface area (Å²) in [6.45, 7) is 4.18. The van der Waals surface area contributed by atoms with Gasteiger partial charge in [-0.2, -0.15) is 0 Å². The predicted octanol–water partition coefficient (Wildman–Crippen LogP) is 1.84. The van der Waals surface area contributed by atoms with Crippen LogP contribution in [0, 0.1) is 0 Å². The van der Waals surface area contributed by atoms with E-state index >= 15 is 0 Å². The minimum atomic E-state index is 0.114. The summed E-state index contributed by atoms with van der Waals surface area (Å²) < 4.78 is 0. The van der Waals surface area contributed by atoms with Crippen molar-refractivity contribution in [3.05, 3.63) is 29.3 Å².